The molecule has 0 aliphatic heterocycles. The number of hydrogen-bond donors (Lipinski definition) is 2. The number of nitrogens with one attached hydrogen (secondary N) is 2. The van der Waals surface area contributed by atoms with Crippen LogP contribution in [0.4, 0.5) is 0 Å². The maximum Gasteiger partial charge on any atom is 0.173 e. The Bertz CT molecular complexity index is 1890. The van der Waals surface area contributed by atoms with E-state index in [1.807, 2.05) is 121 Å². The van der Waals surface area contributed by atoms with Crippen LogP contribution in [-0.4, -0.2) is 21.5 Å². The predicted octanol–water partition coefficient (Wildman–Crippen LogP) is 7.76. The summed E-state index contributed by atoms with van der Waals surface area (Å²) in [7, 11) is 0. The molecule has 4 heteroatoms. The molecule has 40 heavy (non-hydrogen) atoms. The van der Waals surface area contributed by atoms with Gasteiger partial charge in [-0.1, -0.05) is 97.1 Å². The Kier molecular flexibility index (Phi) is 4.92. The van der Waals surface area contributed by atoms with E-state index in [1.165, 1.54) is 0 Å². The zero-order valence-electron chi connectivity index (χ0n) is 21.5. The van der Waals surface area contributed by atoms with Gasteiger partial charge in [-0.15, -0.1) is 0 Å². The lowest BCUT2D eigenvalue weighted by atomic mass is 9.80. The van der Waals surface area contributed by atoms with Crippen LogP contribution in [0.1, 0.15) is 45.5 Å². The van der Waals surface area contributed by atoms with Gasteiger partial charge in [0.25, 0.3) is 0 Å². The van der Waals surface area contributed by atoms with E-state index in [1.54, 1.807) is 0 Å². The molecular formula is C36H24N2O2. The van der Waals surface area contributed by atoms with Crippen LogP contribution in [0.3, 0.4) is 0 Å². The van der Waals surface area contributed by atoms with Crippen molar-refractivity contribution in [2.45, 2.75) is 11.8 Å². The second-order valence-corrected chi connectivity index (χ2v) is 10.5. The summed E-state index contributed by atoms with van der Waals surface area (Å²) in [5, 5.41) is 1.98. The van der Waals surface area contributed by atoms with E-state index in [-0.39, 0.29) is 11.6 Å². The van der Waals surface area contributed by atoms with Crippen molar-refractivity contribution >= 4 is 56.7 Å². The summed E-state index contributed by atoms with van der Waals surface area (Å²) in [6.45, 7) is 0. The topological polar surface area (TPSA) is 65.7 Å². The molecule has 0 saturated heterocycles. The number of benzene rings is 4. The highest BCUT2D eigenvalue weighted by atomic mass is 16.1. The average Bonchev–Trinajstić information content (AvgIpc) is 3.69. The monoisotopic (exact) mass is 516 g/mol. The minimum Gasteiger partial charge on any atom is -0.354 e. The van der Waals surface area contributed by atoms with Crippen LogP contribution in [0.5, 0.6) is 0 Å². The Morgan fingerprint density at radius 3 is 1.27 bits per heavy atom. The standard InChI is InChI=1S/C36H24N2O2/c39-35-25(19-21-11-3-1-4-12-21)33-29(23-15-7-9-17-27(23)37-33)31(35)32-30-24-16-8-10-18-28(24)38-34(30)26(36(32)40)20-22-13-5-2-6-14-22/h1-20,31-32,37-38H/b25-19+,26-20+. The third kappa shape index (κ3) is 3.26. The first-order chi connectivity index (χ1) is 19.7. The number of rotatable bonds is 3. The maximum atomic E-state index is 14.5. The Morgan fingerprint density at radius 1 is 0.475 bits per heavy atom. The van der Waals surface area contributed by atoms with Gasteiger partial charge in [-0.3, -0.25) is 9.59 Å². The summed E-state index contributed by atoms with van der Waals surface area (Å²) in [4.78, 5) is 36.0. The number of ketones is 2. The molecule has 6 aromatic rings. The highest BCUT2D eigenvalue weighted by Crippen LogP contribution is 2.55. The van der Waals surface area contributed by atoms with Gasteiger partial charge in [0.15, 0.2) is 11.6 Å². The van der Waals surface area contributed by atoms with Gasteiger partial charge in [0.05, 0.1) is 23.2 Å². The Morgan fingerprint density at radius 2 is 0.850 bits per heavy atom. The Hall–Kier alpha value is -5.22. The van der Waals surface area contributed by atoms with E-state index in [2.05, 4.69) is 9.97 Å². The molecule has 2 aromatic heterocycles. The van der Waals surface area contributed by atoms with Crippen molar-refractivity contribution < 1.29 is 9.59 Å². The number of fused-ring (bicyclic) bond motifs is 6. The van der Waals surface area contributed by atoms with Gasteiger partial charge in [0.1, 0.15) is 0 Å². The SMILES string of the molecule is O=C1/C(=C/c2ccccc2)c2[nH]c3ccccc3c2C1C1C(=O)/C(=C/c2ccccc2)c2[nH]c3ccccc3c21. The number of aromatic amines is 2. The van der Waals surface area contributed by atoms with Crippen molar-refractivity contribution in [3.8, 4) is 0 Å². The summed E-state index contributed by atoms with van der Waals surface area (Å²) in [6, 6.07) is 35.9. The van der Waals surface area contributed by atoms with Gasteiger partial charge in [-0.05, 0) is 46.5 Å². The van der Waals surface area contributed by atoms with Gasteiger partial charge in [-0.2, -0.15) is 0 Å². The molecule has 0 radical (unpaired) electrons. The quantitative estimate of drug-likeness (QED) is 0.236. The molecule has 2 atom stereocenters. The van der Waals surface area contributed by atoms with E-state index in [0.717, 1.165) is 55.4 Å². The lowest BCUT2D eigenvalue weighted by Gasteiger charge is -2.18. The van der Waals surface area contributed by atoms with Gasteiger partial charge in [-0.25, -0.2) is 0 Å². The van der Waals surface area contributed by atoms with Crippen molar-refractivity contribution in [3.05, 3.63) is 143 Å². The fourth-order valence-electron chi connectivity index (χ4n) is 6.60. The fraction of sp³-hybridized carbons (Fsp3) is 0.0556. The highest BCUT2D eigenvalue weighted by molar-refractivity contribution is 6.39. The number of hydrogen-bond acceptors (Lipinski definition) is 2. The van der Waals surface area contributed by atoms with Gasteiger partial charge >= 0.3 is 0 Å². The van der Waals surface area contributed by atoms with E-state index >= 15 is 0 Å². The number of allylic oxidation sites excluding steroid dienone is 2. The van der Waals surface area contributed by atoms with Crippen LogP contribution in [0, 0.1) is 0 Å². The largest absolute Gasteiger partial charge is 0.354 e. The Labute approximate surface area is 230 Å². The van der Waals surface area contributed by atoms with Crippen molar-refractivity contribution in [1.29, 1.82) is 0 Å². The zero-order valence-corrected chi connectivity index (χ0v) is 21.5. The molecule has 2 N–H and O–H groups in total. The van der Waals surface area contributed by atoms with E-state index in [4.69, 9.17) is 0 Å². The molecule has 0 amide bonds. The summed E-state index contributed by atoms with van der Waals surface area (Å²) in [6.07, 6.45) is 3.90. The third-order valence-electron chi connectivity index (χ3n) is 8.30. The molecule has 4 aromatic carbocycles. The first-order valence-corrected chi connectivity index (χ1v) is 13.5. The number of carbonyl (C=O) groups excluding carboxylic acids is 2. The second kappa shape index (κ2) is 8.65. The van der Waals surface area contributed by atoms with Crippen LogP contribution in [0.25, 0.3) is 45.1 Å². The summed E-state index contributed by atoms with van der Waals surface area (Å²) in [5.41, 5.74) is 8.54. The molecule has 190 valence electrons. The fourth-order valence-corrected chi connectivity index (χ4v) is 6.60. The molecule has 2 heterocycles. The second-order valence-electron chi connectivity index (χ2n) is 10.5. The van der Waals surface area contributed by atoms with Crippen LogP contribution >= 0.6 is 0 Å². The van der Waals surface area contributed by atoms with E-state index in [0.29, 0.717) is 11.1 Å². The predicted molar refractivity (Wildman–Crippen MR) is 161 cm³/mol. The summed E-state index contributed by atoms with van der Waals surface area (Å²) in [5.74, 6) is -1.31. The normalized spacial score (nSPS) is 20.2. The van der Waals surface area contributed by atoms with Crippen molar-refractivity contribution in [3.63, 3.8) is 0 Å². The molecule has 2 unspecified atom stereocenters. The minimum atomic E-state index is -0.631. The number of Topliss-reactive ketones (excluding diaryl/α,β-unsaturated/α-hetero) is 2. The van der Waals surface area contributed by atoms with Crippen LogP contribution in [-0.2, 0) is 9.59 Å². The van der Waals surface area contributed by atoms with E-state index < -0.39 is 11.8 Å². The molecule has 0 saturated carbocycles. The van der Waals surface area contributed by atoms with Crippen molar-refractivity contribution in [2.75, 3.05) is 0 Å². The molecule has 4 nitrogen and oxygen atoms in total. The number of carbonyl (C=O) groups is 2. The number of aromatic nitrogens is 2. The van der Waals surface area contributed by atoms with Crippen LogP contribution in [0.15, 0.2) is 109 Å². The van der Waals surface area contributed by atoms with Gasteiger partial charge in [0.2, 0.25) is 0 Å². The third-order valence-corrected chi connectivity index (χ3v) is 8.30. The van der Waals surface area contributed by atoms with Gasteiger partial charge < -0.3 is 9.97 Å². The number of H-pyrrole nitrogens is 2. The van der Waals surface area contributed by atoms with Gasteiger partial charge in [0, 0.05) is 33.0 Å². The highest BCUT2D eigenvalue weighted by Gasteiger charge is 2.51. The minimum absolute atomic E-state index is 0.0219. The zero-order chi connectivity index (χ0) is 26.8. The number of para-hydroxylation sites is 2. The molecule has 2 aliphatic rings. The lowest BCUT2D eigenvalue weighted by molar-refractivity contribution is -0.120. The van der Waals surface area contributed by atoms with Crippen molar-refractivity contribution in [2.24, 2.45) is 0 Å². The molecule has 2 aliphatic carbocycles. The smallest absolute Gasteiger partial charge is 0.173 e. The maximum absolute atomic E-state index is 14.5. The lowest BCUT2D eigenvalue weighted by Crippen LogP contribution is -2.20. The molecular weight excluding hydrogens is 492 g/mol. The van der Waals surface area contributed by atoms with Crippen LogP contribution < -0.4 is 0 Å². The van der Waals surface area contributed by atoms with Crippen LogP contribution in [0.2, 0.25) is 0 Å². The Balaban J connectivity index is 1.39. The summed E-state index contributed by atoms with van der Waals surface area (Å²) >= 11 is 0. The molecule has 0 fully saturated rings. The van der Waals surface area contributed by atoms with Crippen molar-refractivity contribution in [1.82, 2.24) is 9.97 Å². The average molecular weight is 517 g/mol. The first-order valence-electron chi connectivity index (χ1n) is 13.5. The molecule has 8 rings (SSSR count). The van der Waals surface area contributed by atoms with E-state index in [9.17, 15) is 9.59 Å². The molecule has 0 bridgehead atoms. The first kappa shape index (κ1) is 22.7. The summed E-state index contributed by atoms with van der Waals surface area (Å²) < 4.78 is 0. The molecule has 0 spiro atoms.